The number of hydrogen-bond acceptors (Lipinski definition) is 2. The third-order valence-electron chi connectivity index (χ3n) is 2.40. The Labute approximate surface area is 95.5 Å². The Kier molecular flexibility index (Phi) is 2.86. The van der Waals surface area contributed by atoms with Crippen LogP contribution in [-0.2, 0) is 10.2 Å². The van der Waals surface area contributed by atoms with Crippen molar-refractivity contribution in [2.24, 2.45) is 5.92 Å². The van der Waals surface area contributed by atoms with Crippen LogP contribution in [0.1, 0.15) is 31.2 Å². The van der Waals surface area contributed by atoms with Crippen molar-refractivity contribution in [1.82, 2.24) is 0 Å². The van der Waals surface area contributed by atoms with Gasteiger partial charge in [0.05, 0.1) is 19.1 Å². The lowest BCUT2D eigenvalue weighted by Crippen LogP contribution is -2.25. The molecule has 0 spiro atoms. The molecule has 1 aliphatic heterocycles. The van der Waals surface area contributed by atoms with Crippen LogP contribution in [-0.4, -0.2) is 13.2 Å². The van der Waals surface area contributed by atoms with Gasteiger partial charge in [-0.05, 0) is 11.5 Å². The van der Waals surface area contributed by atoms with Crippen LogP contribution >= 0.6 is 11.3 Å². The van der Waals surface area contributed by atoms with Crippen molar-refractivity contribution in [3.63, 3.8) is 0 Å². The van der Waals surface area contributed by atoms with Crippen LogP contribution in [0.15, 0.2) is 11.4 Å². The summed E-state index contributed by atoms with van der Waals surface area (Å²) in [5.41, 5.74) is 1.39. The van der Waals surface area contributed by atoms with Crippen molar-refractivity contribution in [1.29, 1.82) is 0 Å². The Balaban J connectivity index is 2.08. The number of rotatable bonds is 0. The highest BCUT2D eigenvalue weighted by molar-refractivity contribution is 7.10. The molecule has 1 saturated heterocycles. The Morgan fingerprint density at radius 1 is 1.40 bits per heavy atom. The first-order valence-electron chi connectivity index (χ1n) is 5.24. The van der Waals surface area contributed by atoms with Crippen molar-refractivity contribution < 1.29 is 4.74 Å². The fourth-order valence-electron chi connectivity index (χ4n) is 1.30. The molecule has 1 fully saturated rings. The molecule has 0 saturated carbocycles. The van der Waals surface area contributed by atoms with Crippen molar-refractivity contribution in [3.8, 4) is 11.8 Å². The second kappa shape index (κ2) is 4.00. The van der Waals surface area contributed by atoms with E-state index in [2.05, 4.69) is 44.1 Å². The summed E-state index contributed by atoms with van der Waals surface area (Å²) < 4.78 is 5.08. The minimum absolute atomic E-state index is 0.240. The van der Waals surface area contributed by atoms with E-state index in [-0.39, 0.29) is 5.41 Å². The molecular formula is C13H16OS. The molecular weight excluding hydrogens is 204 g/mol. The normalized spacial score (nSPS) is 16.7. The maximum absolute atomic E-state index is 5.08. The van der Waals surface area contributed by atoms with Crippen LogP contribution in [0.5, 0.6) is 0 Å². The molecule has 0 radical (unpaired) electrons. The molecule has 1 aromatic rings. The third kappa shape index (κ3) is 2.62. The summed E-state index contributed by atoms with van der Waals surface area (Å²) in [6, 6.07) is 2.21. The van der Waals surface area contributed by atoms with Gasteiger partial charge >= 0.3 is 0 Å². The van der Waals surface area contributed by atoms with Gasteiger partial charge in [-0.1, -0.05) is 32.6 Å². The quantitative estimate of drug-likeness (QED) is 0.611. The Hall–Kier alpha value is -0.780. The first-order chi connectivity index (χ1) is 7.05. The number of ether oxygens (including phenoxy) is 1. The SMILES string of the molecule is CC(C)(C)c1cc(C#CC2COC2)cs1. The van der Waals surface area contributed by atoms with Gasteiger partial charge in [-0.15, -0.1) is 11.3 Å². The summed E-state index contributed by atoms with van der Waals surface area (Å²) in [6.07, 6.45) is 0. The van der Waals surface area contributed by atoms with E-state index < -0.39 is 0 Å². The largest absolute Gasteiger partial charge is 0.379 e. The lowest BCUT2D eigenvalue weighted by molar-refractivity contribution is -0.00300. The van der Waals surface area contributed by atoms with Gasteiger partial charge in [-0.25, -0.2) is 0 Å². The van der Waals surface area contributed by atoms with Crippen LogP contribution in [0.3, 0.4) is 0 Å². The average molecular weight is 220 g/mol. The highest BCUT2D eigenvalue weighted by Gasteiger charge is 2.16. The summed E-state index contributed by atoms with van der Waals surface area (Å²) in [6.45, 7) is 8.31. The van der Waals surface area contributed by atoms with Crippen molar-refractivity contribution in [2.45, 2.75) is 26.2 Å². The maximum Gasteiger partial charge on any atom is 0.0674 e. The predicted octanol–water partition coefficient (Wildman–Crippen LogP) is 3.04. The molecule has 1 aliphatic rings. The van der Waals surface area contributed by atoms with Gasteiger partial charge in [-0.3, -0.25) is 0 Å². The summed E-state index contributed by atoms with van der Waals surface area (Å²) in [7, 11) is 0. The highest BCUT2D eigenvalue weighted by Crippen LogP contribution is 2.28. The Morgan fingerprint density at radius 2 is 2.13 bits per heavy atom. The molecule has 0 atom stereocenters. The Morgan fingerprint density at radius 3 is 2.60 bits per heavy atom. The second-order valence-corrected chi connectivity index (χ2v) is 5.86. The van der Waals surface area contributed by atoms with Gasteiger partial charge in [-0.2, -0.15) is 0 Å². The minimum Gasteiger partial charge on any atom is -0.379 e. The van der Waals surface area contributed by atoms with E-state index in [0.29, 0.717) is 5.92 Å². The molecule has 0 unspecified atom stereocenters. The molecule has 1 nitrogen and oxygen atoms in total. The topological polar surface area (TPSA) is 9.23 Å². The number of thiophene rings is 1. The van der Waals surface area contributed by atoms with Crippen LogP contribution in [0.25, 0.3) is 0 Å². The molecule has 80 valence electrons. The van der Waals surface area contributed by atoms with E-state index in [1.54, 1.807) is 11.3 Å². The van der Waals surface area contributed by atoms with Crippen LogP contribution in [0, 0.1) is 17.8 Å². The molecule has 2 heterocycles. The zero-order chi connectivity index (χ0) is 10.9. The summed E-state index contributed by atoms with van der Waals surface area (Å²) in [5, 5.41) is 2.15. The van der Waals surface area contributed by atoms with E-state index in [0.717, 1.165) is 18.8 Å². The van der Waals surface area contributed by atoms with E-state index in [4.69, 9.17) is 4.74 Å². The minimum atomic E-state index is 0.240. The zero-order valence-corrected chi connectivity index (χ0v) is 10.3. The standard InChI is InChI=1S/C13H16OS/c1-13(2,3)12-6-10(9-15-12)4-5-11-7-14-8-11/h6,9,11H,7-8H2,1-3H3. The van der Waals surface area contributed by atoms with E-state index in [1.165, 1.54) is 4.88 Å². The van der Waals surface area contributed by atoms with Crippen LogP contribution in [0.4, 0.5) is 0 Å². The van der Waals surface area contributed by atoms with Gasteiger partial charge in [0, 0.05) is 15.8 Å². The lowest BCUT2D eigenvalue weighted by atomic mass is 9.94. The van der Waals surface area contributed by atoms with Crippen LogP contribution in [0.2, 0.25) is 0 Å². The van der Waals surface area contributed by atoms with Crippen molar-refractivity contribution in [3.05, 3.63) is 21.9 Å². The Bertz CT molecular complexity index is 396. The molecule has 0 bridgehead atoms. The fourth-order valence-corrected chi connectivity index (χ4v) is 2.23. The predicted molar refractivity (Wildman–Crippen MR) is 64.2 cm³/mol. The van der Waals surface area contributed by atoms with Gasteiger partial charge in [0.25, 0.3) is 0 Å². The van der Waals surface area contributed by atoms with Gasteiger partial charge in [0.15, 0.2) is 0 Å². The second-order valence-electron chi connectivity index (χ2n) is 4.95. The lowest BCUT2D eigenvalue weighted by Gasteiger charge is -2.19. The molecule has 15 heavy (non-hydrogen) atoms. The van der Waals surface area contributed by atoms with Crippen molar-refractivity contribution >= 4 is 11.3 Å². The summed E-state index contributed by atoms with van der Waals surface area (Å²) in [5.74, 6) is 6.91. The maximum atomic E-state index is 5.08. The summed E-state index contributed by atoms with van der Waals surface area (Å²) >= 11 is 1.80. The van der Waals surface area contributed by atoms with E-state index >= 15 is 0 Å². The first kappa shape index (κ1) is 10.7. The zero-order valence-electron chi connectivity index (χ0n) is 9.46. The molecule has 0 aliphatic carbocycles. The molecule has 1 aromatic heterocycles. The molecule has 2 rings (SSSR count). The van der Waals surface area contributed by atoms with Gasteiger partial charge < -0.3 is 4.74 Å². The van der Waals surface area contributed by atoms with Crippen LogP contribution < -0.4 is 0 Å². The molecule has 0 amide bonds. The third-order valence-corrected chi connectivity index (χ3v) is 3.75. The molecule has 2 heteroatoms. The van der Waals surface area contributed by atoms with Gasteiger partial charge in [0.2, 0.25) is 0 Å². The van der Waals surface area contributed by atoms with Gasteiger partial charge in [0.1, 0.15) is 0 Å². The molecule has 0 aromatic carbocycles. The first-order valence-corrected chi connectivity index (χ1v) is 6.12. The van der Waals surface area contributed by atoms with Crippen molar-refractivity contribution in [2.75, 3.05) is 13.2 Å². The number of hydrogen-bond donors (Lipinski definition) is 0. The van der Waals surface area contributed by atoms with E-state index in [1.807, 2.05) is 0 Å². The smallest absolute Gasteiger partial charge is 0.0674 e. The molecule has 0 N–H and O–H groups in total. The van der Waals surface area contributed by atoms with E-state index in [9.17, 15) is 0 Å². The monoisotopic (exact) mass is 220 g/mol. The average Bonchev–Trinajstić information content (AvgIpc) is 2.48. The summed E-state index contributed by atoms with van der Waals surface area (Å²) in [4.78, 5) is 1.40. The highest BCUT2D eigenvalue weighted by atomic mass is 32.1. The fraction of sp³-hybridized carbons (Fsp3) is 0.538.